The van der Waals surface area contributed by atoms with E-state index < -0.39 is 0 Å². The highest BCUT2D eigenvalue weighted by Crippen LogP contribution is 2.23. The van der Waals surface area contributed by atoms with Crippen LogP contribution in [0.25, 0.3) is 10.9 Å². The van der Waals surface area contributed by atoms with Gasteiger partial charge < -0.3 is 5.32 Å². The molecule has 1 atom stereocenters. The number of hydrogen-bond donors (Lipinski definition) is 1. The molecule has 0 saturated carbocycles. The summed E-state index contributed by atoms with van der Waals surface area (Å²) < 4.78 is 0. The first-order valence-electron chi connectivity index (χ1n) is 9.17. The molecule has 1 amide bonds. The summed E-state index contributed by atoms with van der Waals surface area (Å²) in [7, 11) is 0. The van der Waals surface area contributed by atoms with Crippen molar-refractivity contribution >= 4 is 16.8 Å². The Hall–Kier alpha value is -2.68. The number of amides is 1. The molecule has 0 radical (unpaired) electrons. The van der Waals surface area contributed by atoms with Crippen LogP contribution in [0, 0.1) is 20.8 Å². The standard InChI is InChI=1S/C23H26N2O/c1-15-12-16(2)22-20(13-15)21(14-18(4)24-22)23(26)25-17(3)10-11-19-8-6-5-7-9-19/h5-9,12-14,17H,10-11H2,1-4H3,(H,25,26)/t17-/m1/s1. The lowest BCUT2D eigenvalue weighted by Gasteiger charge is -2.16. The number of fused-ring (bicyclic) bond motifs is 1. The van der Waals surface area contributed by atoms with Crippen LogP contribution in [0.5, 0.6) is 0 Å². The Bertz CT molecular complexity index is 932. The van der Waals surface area contributed by atoms with Gasteiger partial charge in [0.15, 0.2) is 0 Å². The van der Waals surface area contributed by atoms with Crippen molar-refractivity contribution in [2.75, 3.05) is 0 Å². The van der Waals surface area contributed by atoms with Crippen LogP contribution < -0.4 is 5.32 Å². The average Bonchev–Trinajstić information content (AvgIpc) is 2.61. The van der Waals surface area contributed by atoms with Crippen LogP contribution in [-0.2, 0) is 6.42 Å². The summed E-state index contributed by atoms with van der Waals surface area (Å²) in [5, 5.41) is 4.09. The Balaban J connectivity index is 1.79. The predicted molar refractivity (Wildman–Crippen MR) is 108 cm³/mol. The van der Waals surface area contributed by atoms with Gasteiger partial charge in [0.1, 0.15) is 0 Å². The van der Waals surface area contributed by atoms with Crippen LogP contribution in [0.15, 0.2) is 48.5 Å². The van der Waals surface area contributed by atoms with Crippen molar-refractivity contribution in [1.29, 1.82) is 0 Å². The highest BCUT2D eigenvalue weighted by Gasteiger charge is 2.15. The van der Waals surface area contributed by atoms with Crippen LogP contribution in [0.4, 0.5) is 0 Å². The number of nitrogens with one attached hydrogen (secondary N) is 1. The fourth-order valence-corrected chi connectivity index (χ4v) is 3.40. The average molecular weight is 346 g/mol. The SMILES string of the molecule is Cc1cc(C)c2nc(C)cc(C(=O)N[C@H](C)CCc3ccccc3)c2c1. The Morgan fingerprint density at radius 3 is 2.54 bits per heavy atom. The molecule has 134 valence electrons. The molecular weight excluding hydrogens is 320 g/mol. The topological polar surface area (TPSA) is 42.0 Å². The molecule has 1 aromatic heterocycles. The van der Waals surface area contributed by atoms with Crippen LogP contribution in [0.1, 0.15) is 46.1 Å². The summed E-state index contributed by atoms with van der Waals surface area (Å²) in [6.45, 7) is 8.10. The molecule has 1 heterocycles. The second kappa shape index (κ2) is 7.69. The number of carbonyl (C=O) groups is 1. The Labute approximate surface area is 155 Å². The van der Waals surface area contributed by atoms with Crippen LogP contribution >= 0.6 is 0 Å². The van der Waals surface area contributed by atoms with Crippen molar-refractivity contribution in [2.24, 2.45) is 0 Å². The van der Waals surface area contributed by atoms with E-state index in [2.05, 4.69) is 60.5 Å². The van der Waals surface area contributed by atoms with Crippen molar-refractivity contribution in [1.82, 2.24) is 10.3 Å². The van der Waals surface area contributed by atoms with Gasteiger partial charge in [-0.05, 0) is 63.8 Å². The van der Waals surface area contributed by atoms with E-state index in [1.807, 2.05) is 26.0 Å². The van der Waals surface area contributed by atoms with Gasteiger partial charge >= 0.3 is 0 Å². The Kier molecular flexibility index (Phi) is 5.36. The van der Waals surface area contributed by atoms with E-state index in [1.165, 1.54) is 5.56 Å². The van der Waals surface area contributed by atoms with Crippen LogP contribution in [0.2, 0.25) is 0 Å². The molecule has 0 aliphatic rings. The molecule has 0 fully saturated rings. The molecule has 2 aromatic carbocycles. The smallest absolute Gasteiger partial charge is 0.252 e. The highest BCUT2D eigenvalue weighted by atomic mass is 16.1. The third kappa shape index (κ3) is 4.10. The zero-order chi connectivity index (χ0) is 18.7. The molecule has 0 aliphatic heterocycles. The van der Waals surface area contributed by atoms with Gasteiger partial charge in [0.25, 0.3) is 5.91 Å². The summed E-state index contributed by atoms with van der Waals surface area (Å²) in [4.78, 5) is 17.6. The van der Waals surface area contributed by atoms with Crippen LogP contribution in [0.3, 0.4) is 0 Å². The van der Waals surface area contributed by atoms with Gasteiger partial charge in [-0.15, -0.1) is 0 Å². The van der Waals surface area contributed by atoms with E-state index in [0.717, 1.165) is 40.6 Å². The number of rotatable bonds is 5. The van der Waals surface area contributed by atoms with Gasteiger partial charge in [0.2, 0.25) is 0 Å². The minimum Gasteiger partial charge on any atom is -0.350 e. The van der Waals surface area contributed by atoms with Crippen molar-refractivity contribution < 1.29 is 4.79 Å². The number of aryl methyl sites for hydroxylation is 4. The molecule has 0 spiro atoms. The third-order valence-corrected chi connectivity index (χ3v) is 4.71. The second-order valence-corrected chi connectivity index (χ2v) is 7.19. The molecule has 0 saturated heterocycles. The van der Waals surface area contributed by atoms with Crippen molar-refractivity contribution in [3.8, 4) is 0 Å². The molecular formula is C23H26N2O. The quantitative estimate of drug-likeness (QED) is 0.713. The first-order chi connectivity index (χ1) is 12.4. The van der Waals surface area contributed by atoms with E-state index in [1.54, 1.807) is 0 Å². The summed E-state index contributed by atoms with van der Waals surface area (Å²) in [6, 6.07) is 16.5. The first-order valence-corrected chi connectivity index (χ1v) is 9.17. The summed E-state index contributed by atoms with van der Waals surface area (Å²) in [5.74, 6) is -0.0222. The summed E-state index contributed by atoms with van der Waals surface area (Å²) in [5.41, 5.74) is 6.04. The zero-order valence-electron chi connectivity index (χ0n) is 16.0. The highest BCUT2D eigenvalue weighted by molar-refractivity contribution is 6.07. The monoisotopic (exact) mass is 346 g/mol. The predicted octanol–water partition coefficient (Wildman–Crippen LogP) is 4.91. The largest absolute Gasteiger partial charge is 0.350 e. The van der Waals surface area contributed by atoms with Gasteiger partial charge in [-0.3, -0.25) is 9.78 Å². The lowest BCUT2D eigenvalue weighted by Crippen LogP contribution is -2.33. The number of hydrogen-bond acceptors (Lipinski definition) is 2. The van der Waals surface area contributed by atoms with Gasteiger partial charge in [-0.1, -0.05) is 42.0 Å². The molecule has 1 N–H and O–H groups in total. The molecule has 3 nitrogen and oxygen atoms in total. The van der Waals surface area contributed by atoms with Crippen molar-refractivity contribution in [3.05, 3.63) is 76.5 Å². The number of aromatic nitrogens is 1. The first kappa shape index (κ1) is 18.1. The minimum atomic E-state index is -0.0222. The summed E-state index contributed by atoms with van der Waals surface area (Å²) in [6.07, 6.45) is 1.87. The number of carbonyl (C=O) groups excluding carboxylic acids is 1. The van der Waals surface area contributed by atoms with E-state index in [9.17, 15) is 4.79 Å². The molecule has 0 unspecified atom stereocenters. The molecule has 0 aliphatic carbocycles. The maximum atomic E-state index is 12.9. The van der Waals surface area contributed by atoms with Gasteiger partial charge in [-0.2, -0.15) is 0 Å². The minimum absolute atomic E-state index is 0.0222. The molecule has 26 heavy (non-hydrogen) atoms. The third-order valence-electron chi connectivity index (χ3n) is 4.71. The lowest BCUT2D eigenvalue weighted by atomic mass is 10.0. The normalized spacial score (nSPS) is 12.2. The number of benzene rings is 2. The van der Waals surface area contributed by atoms with E-state index in [0.29, 0.717) is 5.56 Å². The van der Waals surface area contributed by atoms with E-state index in [-0.39, 0.29) is 11.9 Å². The van der Waals surface area contributed by atoms with Gasteiger partial charge in [0.05, 0.1) is 11.1 Å². The fraction of sp³-hybridized carbons (Fsp3) is 0.304. The summed E-state index contributed by atoms with van der Waals surface area (Å²) >= 11 is 0. The molecule has 3 aromatic rings. The zero-order valence-corrected chi connectivity index (χ0v) is 16.0. The molecule has 3 rings (SSSR count). The van der Waals surface area contributed by atoms with E-state index in [4.69, 9.17) is 0 Å². The molecule has 3 heteroatoms. The van der Waals surface area contributed by atoms with Gasteiger partial charge in [0, 0.05) is 17.1 Å². The van der Waals surface area contributed by atoms with Gasteiger partial charge in [-0.25, -0.2) is 0 Å². The Morgan fingerprint density at radius 2 is 1.81 bits per heavy atom. The maximum absolute atomic E-state index is 12.9. The number of nitrogens with zero attached hydrogens (tertiary/aromatic N) is 1. The van der Waals surface area contributed by atoms with E-state index >= 15 is 0 Å². The number of pyridine rings is 1. The fourth-order valence-electron chi connectivity index (χ4n) is 3.40. The van der Waals surface area contributed by atoms with Crippen LogP contribution in [-0.4, -0.2) is 16.9 Å². The van der Waals surface area contributed by atoms with Crippen molar-refractivity contribution in [3.63, 3.8) is 0 Å². The lowest BCUT2D eigenvalue weighted by molar-refractivity contribution is 0.0940. The Morgan fingerprint density at radius 1 is 1.08 bits per heavy atom. The maximum Gasteiger partial charge on any atom is 0.252 e. The second-order valence-electron chi connectivity index (χ2n) is 7.19. The molecule has 0 bridgehead atoms. The van der Waals surface area contributed by atoms with Crippen molar-refractivity contribution in [2.45, 2.75) is 46.6 Å².